The van der Waals surface area contributed by atoms with Crippen LogP contribution in [0.3, 0.4) is 0 Å². The molecule has 4 aromatic rings. The molecule has 2 aromatic heterocycles. The quantitative estimate of drug-likeness (QED) is 0.589. The van der Waals surface area contributed by atoms with Crippen LogP contribution in [0.25, 0.3) is 21.8 Å². The van der Waals surface area contributed by atoms with Gasteiger partial charge in [0.1, 0.15) is 11.6 Å². The van der Waals surface area contributed by atoms with E-state index in [0.29, 0.717) is 27.5 Å². The Bertz CT molecular complexity index is 1280. The Morgan fingerprint density at radius 2 is 1.89 bits per heavy atom. The lowest BCUT2D eigenvalue weighted by molar-refractivity contribution is -0.116. The monoisotopic (exact) mass is 382 g/mol. The Kier molecular flexibility index (Phi) is 4.38. The number of halogens is 2. The summed E-state index contributed by atoms with van der Waals surface area (Å²) in [5.41, 5.74) is 0.982. The number of fused-ring (bicyclic) bond motifs is 3. The largest absolute Gasteiger partial charge is 0.326 e. The highest BCUT2D eigenvalue weighted by atomic mass is 19.1. The number of benzene rings is 2. The molecule has 0 spiro atoms. The van der Waals surface area contributed by atoms with E-state index in [1.807, 2.05) is 0 Å². The fraction of sp³-hybridized carbons (Fsp3) is 0.150. The number of carbonyl (C=O) groups excluding carboxylic acids is 1. The van der Waals surface area contributed by atoms with Gasteiger partial charge in [0.2, 0.25) is 5.91 Å². The third-order valence-corrected chi connectivity index (χ3v) is 4.59. The molecule has 6 nitrogen and oxygen atoms in total. The van der Waals surface area contributed by atoms with Crippen LogP contribution < -0.4 is 10.9 Å². The van der Waals surface area contributed by atoms with Crippen LogP contribution in [-0.2, 0) is 18.4 Å². The summed E-state index contributed by atoms with van der Waals surface area (Å²) >= 11 is 0. The molecule has 2 aromatic carbocycles. The topological polar surface area (TPSA) is 68.9 Å². The van der Waals surface area contributed by atoms with Gasteiger partial charge in [0, 0.05) is 31.1 Å². The molecule has 4 rings (SSSR count). The first-order chi connectivity index (χ1) is 13.4. The van der Waals surface area contributed by atoms with Gasteiger partial charge in [0.15, 0.2) is 0 Å². The van der Waals surface area contributed by atoms with Crippen molar-refractivity contribution in [1.29, 1.82) is 0 Å². The number of nitrogens with one attached hydrogen (secondary N) is 1. The summed E-state index contributed by atoms with van der Waals surface area (Å²) in [6.07, 6.45) is 1.43. The van der Waals surface area contributed by atoms with Gasteiger partial charge in [-0.05, 0) is 36.4 Å². The number of pyridine rings is 1. The molecular formula is C20H16F2N4O2. The van der Waals surface area contributed by atoms with Gasteiger partial charge in [0.25, 0.3) is 5.56 Å². The van der Waals surface area contributed by atoms with E-state index < -0.39 is 11.6 Å². The van der Waals surface area contributed by atoms with E-state index in [1.165, 1.54) is 41.1 Å². The Morgan fingerprint density at radius 3 is 2.68 bits per heavy atom. The molecule has 28 heavy (non-hydrogen) atoms. The SMILES string of the molecule is Cn1ncc2c(=O)n(CCC(=O)Nc3cccc(F)c3)c3cc(F)ccc3c21. The van der Waals surface area contributed by atoms with Crippen molar-refractivity contribution < 1.29 is 13.6 Å². The van der Waals surface area contributed by atoms with E-state index in [9.17, 15) is 18.4 Å². The van der Waals surface area contributed by atoms with Crippen LogP contribution in [0.2, 0.25) is 0 Å². The highest BCUT2D eigenvalue weighted by Gasteiger charge is 2.15. The molecule has 0 saturated heterocycles. The smallest absolute Gasteiger partial charge is 0.262 e. The molecule has 142 valence electrons. The maximum Gasteiger partial charge on any atom is 0.262 e. The van der Waals surface area contributed by atoms with Crippen molar-refractivity contribution in [3.8, 4) is 0 Å². The molecule has 0 aliphatic carbocycles. The van der Waals surface area contributed by atoms with Crippen LogP contribution >= 0.6 is 0 Å². The van der Waals surface area contributed by atoms with Gasteiger partial charge in [0.05, 0.1) is 22.6 Å². The van der Waals surface area contributed by atoms with E-state index in [-0.39, 0.29) is 24.4 Å². The maximum atomic E-state index is 13.8. The van der Waals surface area contributed by atoms with Crippen LogP contribution in [0.1, 0.15) is 6.42 Å². The summed E-state index contributed by atoms with van der Waals surface area (Å²) in [6.45, 7) is 0.0464. The Morgan fingerprint density at radius 1 is 1.11 bits per heavy atom. The van der Waals surface area contributed by atoms with Crippen LogP contribution in [0.5, 0.6) is 0 Å². The number of anilines is 1. The van der Waals surface area contributed by atoms with Crippen LogP contribution in [-0.4, -0.2) is 20.3 Å². The highest BCUT2D eigenvalue weighted by molar-refractivity contribution is 6.03. The number of aromatic nitrogens is 3. The molecule has 0 radical (unpaired) electrons. The minimum Gasteiger partial charge on any atom is -0.326 e. The standard InChI is InChI=1S/C20H16F2N4O2/c1-25-19-15-6-5-13(22)10-17(15)26(20(28)16(19)11-23-25)8-7-18(27)24-14-4-2-3-12(21)9-14/h2-6,9-11H,7-8H2,1H3,(H,24,27). The molecule has 0 saturated carbocycles. The second kappa shape index (κ2) is 6.88. The number of hydrogen-bond acceptors (Lipinski definition) is 3. The van der Waals surface area contributed by atoms with Crippen molar-refractivity contribution in [3.63, 3.8) is 0 Å². The molecule has 0 unspecified atom stereocenters. The normalized spacial score (nSPS) is 11.2. The van der Waals surface area contributed by atoms with Crippen molar-refractivity contribution in [1.82, 2.24) is 14.3 Å². The van der Waals surface area contributed by atoms with E-state index in [4.69, 9.17) is 0 Å². The lowest BCUT2D eigenvalue weighted by atomic mass is 10.1. The molecule has 0 fully saturated rings. The summed E-state index contributed by atoms with van der Waals surface area (Å²) in [6, 6.07) is 9.72. The number of amides is 1. The van der Waals surface area contributed by atoms with Gasteiger partial charge < -0.3 is 9.88 Å². The van der Waals surface area contributed by atoms with E-state index in [1.54, 1.807) is 23.9 Å². The number of hydrogen-bond donors (Lipinski definition) is 1. The second-order valence-corrected chi connectivity index (χ2v) is 6.46. The fourth-order valence-electron chi connectivity index (χ4n) is 3.32. The lowest BCUT2D eigenvalue weighted by Crippen LogP contribution is -2.24. The number of nitrogens with zero attached hydrogens (tertiary/aromatic N) is 3. The first-order valence-corrected chi connectivity index (χ1v) is 8.63. The van der Waals surface area contributed by atoms with Crippen LogP contribution in [0.15, 0.2) is 53.5 Å². The third kappa shape index (κ3) is 3.13. The summed E-state index contributed by atoms with van der Waals surface area (Å²) in [7, 11) is 1.71. The first kappa shape index (κ1) is 17.8. The Hall–Kier alpha value is -3.55. The average molecular weight is 382 g/mol. The minimum absolute atomic E-state index is 0.0339. The predicted molar refractivity (Wildman–Crippen MR) is 102 cm³/mol. The zero-order valence-corrected chi connectivity index (χ0v) is 14.9. The van der Waals surface area contributed by atoms with Crippen molar-refractivity contribution in [2.24, 2.45) is 7.05 Å². The molecule has 1 amide bonds. The number of aryl methyl sites for hydroxylation is 2. The third-order valence-electron chi connectivity index (χ3n) is 4.59. The molecule has 1 N–H and O–H groups in total. The number of rotatable bonds is 4. The van der Waals surface area contributed by atoms with Gasteiger partial charge >= 0.3 is 0 Å². The molecule has 0 bridgehead atoms. The number of carbonyl (C=O) groups is 1. The summed E-state index contributed by atoms with van der Waals surface area (Å²) in [5, 5.41) is 7.78. The van der Waals surface area contributed by atoms with Crippen molar-refractivity contribution in [3.05, 3.63) is 70.6 Å². The zero-order chi connectivity index (χ0) is 19.8. The van der Waals surface area contributed by atoms with Gasteiger partial charge in [-0.3, -0.25) is 14.3 Å². The molecule has 0 aliphatic rings. The Balaban J connectivity index is 1.69. The van der Waals surface area contributed by atoms with Gasteiger partial charge in [-0.15, -0.1) is 0 Å². The molecule has 2 heterocycles. The summed E-state index contributed by atoms with van der Waals surface area (Å²) in [5.74, 6) is -1.32. The van der Waals surface area contributed by atoms with E-state index in [2.05, 4.69) is 10.4 Å². The second-order valence-electron chi connectivity index (χ2n) is 6.46. The van der Waals surface area contributed by atoms with Gasteiger partial charge in [-0.25, -0.2) is 8.78 Å². The highest BCUT2D eigenvalue weighted by Crippen LogP contribution is 2.23. The van der Waals surface area contributed by atoms with Crippen molar-refractivity contribution >= 4 is 33.4 Å². The zero-order valence-electron chi connectivity index (χ0n) is 14.9. The first-order valence-electron chi connectivity index (χ1n) is 8.63. The molecule has 0 atom stereocenters. The van der Waals surface area contributed by atoms with Crippen LogP contribution in [0.4, 0.5) is 14.5 Å². The maximum absolute atomic E-state index is 13.8. The summed E-state index contributed by atoms with van der Waals surface area (Å²) < 4.78 is 30.0. The van der Waals surface area contributed by atoms with E-state index >= 15 is 0 Å². The lowest BCUT2D eigenvalue weighted by Gasteiger charge is -2.12. The predicted octanol–water partition coefficient (Wildman–Crippen LogP) is 3.20. The van der Waals surface area contributed by atoms with Gasteiger partial charge in [-0.2, -0.15) is 5.10 Å². The summed E-state index contributed by atoms with van der Waals surface area (Å²) in [4.78, 5) is 25.1. The fourth-order valence-corrected chi connectivity index (χ4v) is 3.32. The Labute approximate surface area is 158 Å². The molecular weight excluding hydrogens is 366 g/mol. The molecule has 8 heteroatoms. The van der Waals surface area contributed by atoms with Crippen molar-refractivity contribution in [2.45, 2.75) is 13.0 Å². The van der Waals surface area contributed by atoms with Gasteiger partial charge in [-0.1, -0.05) is 6.07 Å². The average Bonchev–Trinajstić information content (AvgIpc) is 3.03. The van der Waals surface area contributed by atoms with Crippen molar-refractivity contribution in [2.75, 3.05) is 5.32 Å². The molecule has 0 aliphatic heterocycles. The van der Waals surface area contributed by atoms with Crippen LogP contribution in [0, 0.1) is 11.6 Å². The minimum atomic E-state index is -0.480. The van der Waals surface area contributed by atoms with E-state index in [0.717, 1.165) is 0 Å².